The Morgan fingerprint density at radius 3 is 2.71 bits per heavy atom. The van der Waals surface area contributed by atoms with Crippen molar-refractivity contribution in [1.29, 1.82) is 0 Å². The summed E-state index contributed by atoms with van der Waals surface area (Å²) in [6.07, 6.45) is 0.589. The molecule has 3 N–H and O–H groups in total. The highest BCUT2D eigenvalue weighted by Crippen LogP contribution is 2.25. The fourth-order valence-corrected chi connectivity index (χ4v) is 2.16. The maximum Gasteiger partial charge on any atom is 0.355 e. The molecule has 1 aromatic heterocycles. The second-order valence-corrected chi connectivity index (χ2v) is 4.44. The minimum atomic E-state index is -0.961. The molecule has 0 aliphatic rings. The third kappa shape index (κ3) is 2.30. The number of thiazole rings is 1. The molecule has 0 aliphatic carbocycles. The first-order valence-corrected chi connectivity index (χ1v) is 5.30. The van der Waals surface area contributed by atoms with Crippen LogP contribution in [0.25, 0.3) is 0 Å². The van der Waals surface area contributed by atoms with Gasteiger partial charge in [0.25, 0.3) is 0 Å². The Kier molecular flexibility index (Phi) is 3.60. The van der Waals surface area contributed by atoms with Gasteiger partial charge in [0.2, 0.25) is 0 Å². The molecule has 0 unspecified atom stereocenters. The molecule has 0 amide bonds. The Balaban J connectivity index is 3.05. The van der Waals surface area contributed by atoms with Gasteiger partial charge in [-0.1, -0.05) is 13.8 Å². The highest BCUT2D eigenvalue weighted by molar-refractivity contribution is 7.12. The van der Waals surface area contributed by atoms with Crippen molar-refractivity contribution in [2.24, 2.45) is 5.73 Å². The molecule has 1 rings (SSSR count). The molecule has 0 bridgehead atoms. The van der Waals surface area contributed by atoms with Crippen LogP contribution in [0, 0.1) is 0 Å². The van der Waals surface area contributed by atoms with Crippen molar-refractivity contribution in [1.82, 2.24) is 4.98 Å². The van der Waals surface area contributed by atoms with Gasteiger partial charge in [-0.3, -0.25) is 0 Å². The Bertz CT molecular complexity index is 334. The molecular weight excluding hydrogens is 200 g/mol. The Morgan fingerprint density at radius 1 is 1.64 bits per heavy atom. The molecule has 4 nitrogen and oxygen atoms in total. The van der Waals surface area contributed by atoms with Gasteiger partial charge in [-0.05, 0) is 13.0 Å². The molecule has 0 radical (unpaired) electrons. The van der Waals surface area contributed by atoms with Gasteiger partial charge >= 0.3 is 5.97 Å². The number of hydrogen-bond donors (Lipinski definition) is 2. The van der Waals surface area contributed by atoms with Crippen LogP contribution in [0.1, 0.15) is 40.1 Å². The van der Waals surface area contributed by atoms with Gasteiger partial charge in [0.1, 0.15) is 0 Å². The summed E-state index contributed by atoms with van der Waals surface area (Å²) in [5.74, 6) is -0.693. The van der Waals surface area contributed by atoms with Crippen molar-refractivity contribution >= 4 is 17.3 Å². The third-order valence-electron chi connectivity index (χ3n) is 1.78. The fourth-order valence-electron chi connectivity index (χ4n) is 1.08. The Hall–Kier alpha value is -0.940. The van der Waals surface area contributed by atoms with Crippen LogP contribution in [0.2, 0.25) is 0 Å². The van der Waals surface area contributed by atoms with Gasteiger partial charge in [-0.2, -0.15) is 0 Å². The second-order valence-electron chi connectivity index (χ2n) is 3.32. The highest BCUT2D eigenvalue weighted by atomic mass is 32.1. The van der Waals surface area contributed by atoms with E-state index in [0.29, 0.717) is 13.0 Å². The average Bonchev–Trinajstić information content (AvgIpc) is 2.49. The summed E-state index contributed by atoms with van der Waals surface area (Å²) < 4.78 is 0. The number of nitrogens with two attached hydrogens (primary N) is 1. The van der Waals surface area contributed by atoms with E-state index >= 15 is 0 Å². The first-order valence-electron chi connectivity index (χ1n) is 4.49. The van der Waals surface area contributed by atoms with Crippen molar-refractivity contribution < 1.29 is 9.90 Å². The van der Waals surface area contributed by atoms with E-state index in [2.05, 4.69) is 4.98 Å². The first-order chi connectivity index (χ1) is 6.56. The predicted octanol–water partition coefficient (Wildman–Crippen LogP) is 1.47. The lowest BCUT2D eigenvalue weighted by atomic mass is 10.2. The largest absolute Gasteiger partial charge is 0.476 e. The number of aromatic carboxylic acids is 1. The molecule has 1 heterocycles. The molecule has 0 aliphatic heterocycles. The summed E-state index contributed by atoms with van der Waals surface area (Å²) in [6, 6.07) is 0. The van der Waals surface area contributed by atoms with E-state index in [9.17, 15) is 4.79 Å². The molecular formula is C9H14N2O2S. The van der Waals surface area contributed by atoms with Crippen LogP contribution in [0.4, 0.5) is 0 Å². The molecule has 0 aromatic carbocycles. The van der Waals surface area contributed by atoms with E-state index in [1.54, 1.807) is 0 Å². The van der Waals surface area contributed by atoms with Crippen LogP contribution < -0.4 is 5.73 Å². The van der Waals surface area contributed by atoms with Crippen LogP contribution in [0.3, 0.4) is 0 Å². The standard InChI is InChI=1S/C9H14N2O2S/c1-5(2)8-11-7(9(12)13)6(14-8)3-4-10/h5H,3-4,10H2,1-2H3,(H,12,13). The monoisotopic (exact) mass is 214 g/mol. The summed E-state index contributed by atoms with van der Waals surface area (Å²) in [7, 11) is 0. The zero-order valence-electron chi connectivity index (χ0n) is 8.28. The van der Waals surface area contributed by atoms with Crippen molar-refractivity contribution in [2.45, 2.75) is 26.2 Å². The first kappa shape index (κ1) is 11.1. The molecule has 78 valence electrons. The van der Waals surface area contributed by atoms with Gasteiger partial charge in [-0.25, -0.2) is 9.78 Å². The number of aromatic nitrogens is 1. The minimum Gasteiger partial charge on any atom is -0.476 e. The number of carboxylic acid groups (broad SMARTS) is 1. The summed E-state index contributed by atoms with van der Waals surface area (Å²) >= 11 is 1.45. The van der Waals surface area contributed by atoms with Crippen LogP contribution >= 0.6 is 11.3 Å². The molecule has 5 heteroatoms. The number of carbonyl (C=O) groups is 1. The smallest absolute Gasteiger partial charge is 0.355 e. The molecule has 0 saturated carbocycles. The summed E-state index contributed by atoms with van der Waals surface area (Å²) in [5.41, 5.74) is 5.57. The summed E-state index contributed by atoms with van der Waals surface area (Å²) in [5, 5.41) is 9.76. The van der Waals surface area contributed by atoms with E-state index in [-0.39, 0.29) is 11.6 Å². The zero-order valence-corrected chi connectivity index (χ0v) is 9.10. The van der Waals surface area contributed by atoms with Crippen LogP contribution in [0.15, 0.2) is 0 Å². The van der Waals surface area contributed by atoms with Gasteiger partial charge < -0.3 is 10.8 Å². The van der Waals surface area contributed by atoms with E-state index in [4.69, 9.17) is 10.8 Å². The number of rotatable bonds is 4. The zero-order chi connectivity index (χ0) is 10.7. The maximum atomic E-state index is 10.8. The van der Waals surface area contributed by atoms with E-state index in [1.165, 1.54) is 11.3 Å². The number of nitrogens with zero attached hydrogens (tertiary/aromatic N) is 1. The van der Waals surface area contributed by atoms with E-state index in [0.717, 1.165) is 9.88 Å². The minimum absolute atomic E-state index is 0.171. The van der Waals surface area contributed by atoms with Crippen molar-refractivity contribution in [3.8, 4) is 0 Å². The maximum absolute atomic E-state index is 10.8. The SMILES string of the molecule is CC(C)c1nc(C(=O)O)c(CCN)s1. The number of hydrogen-bond acceptors (Lipinski definition) is 4. The Morgan fingerprint density at radius 2 is 2.29 bits per heavy atom. The van der Waals surface area contributed by atoms with Crippen LogP contribution in [-0.4, -0.2) is 22.6 Å². The fraction of sp³-hybridized carbons (Fsp3) is 0.556. The third-order valence-corrected chi connectivity index (χ3v) is 3.20. The summed E-state index contributed by atoms with van der Waals surface area (Å²) in [6.45, 7) is 4.45. The normalized spacial score (nSPS) is 10.9. The van der Waals surface area contributed by atoms with E-state index in [1.807, 2.05) is 13.8 Å². The van der Waals surface area contributed by atoms with E-state index < -0.39 is 5.97 Å². The quantitative estimate of drug-likeness (QED) is 0.795. The lowest BCUT2D eigenvalue weighted by Gasteiger charge is -1.95. The van der Waals surface area contributed by atoms with Gasteiger partial charge in [-0.15, -0.1) is 11.3 Å². The topological polar surface area (TPSA) is 76.2 Å². The average molecular weight is 214 g/mol. The highest BCUT2D eigenvalue weighted by Gasteiger charge is 2.17. The van der Waals surface area contributed by atoms with Gasteiger partial charge in [0, 0.05) is 10.8 Å². The second kappa shape index (κ2) is 4.52. The molecule has 0 saturated heterocycles. The van der Waals surface area contributed by atoms with Crippen molar-refractivity contribution in [3.63, 3.8) is 0 Å². The lowest BCUT2D eigenvalue weighted by Crippen LogP contribution is -2.06. The lowest BCUT2D eigenvalue weighted by molar-refractivity contribution is 0.0690. The molecule has 1 aromatic rings. The van der Waals surface area contributed by atoms with Gasteiger partial charge in [0.05, 0.1) is 5.01 Å². The predicted molar refractivity (Wildman–Crippen MR) is 55.9 cm³/mol. The summed E-state index contributed by atoms with van der Waals surface area (Å²) in [4.78, 5) is 15.7. The molecule has 0 spiro atoms. The Labute approximate surface area is 86.8 Å². The number of carboxylic acids is 1. The van der Waals surface area contributed by atoms with Crippen LogP contribution in [-0.2, 0) is 6.42 Å². The van der Waals surface area contributed by atoms with Crippen LogP contribution in [0.5, 0.6) is 0 Å². The molecule has 0 fully saturated rings. The molecule has 14 heavy (non-hydrogen) atoms. The molecule has 0 atom stereocenters. The van der Waals surface area contributed by atoms with Gasteiger partial charge in [0.15, 0.2) is 5.69 Å². The van der Waals surface area contributed by atoms with Crippen molar-refractivity contribution in [2.75, 3.05) is 6.54 Å². The van der Waals surface area contributed by atoms with Crippen molar-refractivity contribution in [3.05, 3.63) is 15.6 Å².